The monoisotopic (exact) mass is 394 g/mol. The summed E-state index contributed by atoms with van der Waals surface area (Å²) in [7, 11) is 0. The van der Waals surface area contributed by atoms with Gasteiger partial charge in [0.15, 0.2) is 0 Å². The normalized spacial score (nSPS) is 17.6. The van der Waals surface area contributed by atoms with Gasteiger partial charge in [-0.25, -0.2) is 4.98 Å². The third kappa shape index (κ3) is 5.03. The highest BCUT2D eigenvalue weighted by Crippen LogP contribution is 2.33. The first-order chi connectivity index (χ1) is 13.2. The highest BCUT2D eigenvalue weighted by molar-refractivity contribution is 5.63. The fraction of sp³-hybridized carbons (Fsp3) is 0.474. The number of nitrogens with two attached hydrogens (primary N) is 2. The smallest absolute Gasteiger partial charge is 0.399 e. The van der Waals surface area contributed by atoms with Crippen molar-refractivity contribution in [2.24, 2.45) is 5.73 Å². The van der Waals surface area contributed by atoms with Crippen LogP contribution in [-0.4, -0.2) is 29.1 Å². The average molecular weight is 394 g/mol. The van der Waals surface area contributed by atoms with E-state index in [4.69, 9.17) is 11.5 Å². The Hall–Kier alpha value is -2.55. The van der Waals surface area contributed by atoms with Crippen LogP contribution < -0.4 is 21.7 Å². The number of rotatable bonds is 5. The quantitative estimate of drug-likeness (QED) is 0.670. The summed E-state index contributed by atoms with van der Waals surface area (Å²) in [6.07, 6.45) is -0.897. The fourth-order valence-electron chi connectivity index (χ4n) is 3.32. The minimum absolute atomic E-state index is 0.0178. The predicted octanol–water partition coefficient (Wildman–Crippen LogP) is 3.70. The zero-order valence-corrected chi connectivity index (χ0v) is 15.8. The molecule has 0 bridgehead atoms. The fourth-order valence-corrected chi connectivity index (χ4v) is 3.32. The van der Waals surface area contributed by atoms with Crippen LogP contribution in [0, 0.1) is 0 Å². The molecule has 0 radical (unpaired) electrons. The van der Waals surface area contributed by atoms with Crippen molar-refractivity contribution in [3.63, 3.8) is 0 Å². The first-order valence-corrected chi connectivity index (χ1v) is 9.38. The molecular weight excluding hydrogens is 369 g/mol. The molecule has 1 aromatic heterocycles. The maximum Gasteiger partial charge on any atom is 0.416 e. The summed E-state index contributed by atoms with van der Waals surface area (Å²) in [5.74, 6) is 0.981. The molecule has 3 rings (SSSR count). The second-order valence-corrected chi connectivity index (χ2v) is 7.11. The van der Waals surface area contributed by atoms with Gasteiger partial charge in [0.05, 0.1) is 5.56 Å². The molecule has 28 heavy (non-hydrogen) atoms. The lowest BCUT2D eigenvalue weighted by Crippen LogP contribution is -2.43. The van der Waals surface area contributed by atoms with E-state index in [0.29, 0.717) is 6.54 Å². The van der Waals surface area contributed by atoms with Gasteiger partial charge in [0.1, 0.15) is 5.82 Å². The van der Waals surface area contributed by atoms with Gasteiger partial charge in [-0.15, -0.1) is 0 Å². The van der Waals surface area contributed by atoms with E-state index in [-0.39, 0.29) is 23.4 Å². The summed E-state index contributed by atoms with van der Waals surface area (Å²) < 4.78 is 39.2. The van der Waals surface area contributed by atoms with Crippen LogP contribution in [0.15, 0.2) is 24.3 Å². The third-order valence-corrected chi connectivity index (χ3v) is 4.59. The van der Waals surface area contributed by atoms with E-state index in [1.165, 1.54) is 6.07 Å². The van der Waals surface area contributed by atoms with E-state index < -0.39 is 11.7 Å². The second kappa shape index (κ2) is 8.22. The number of halogens is 3. The molecule has 1 saturated heterocycles. The number of alkyl halides is 3. The van der Waals surface area contributed by atoms with E-state index in [2.05, 4.69) is 20.2 Å². The lowest BCUT2D eigenvalue weighted by atomic mass is 10.1. The summed E-state index contributed by atoms with van der Waals surface area (Å²) in [5.41, 5.74) is 11.9. The molecule has 1 atom stereocenters. The van der Waals surface area contributed by atoms with Crippen molar-refractivity contribution in [1.82, 2.24) is 9.97 Å². The van der Waals surface area contributed by atoms with Crippen molar-refractivity contribution in [2.75, 3.05) is 29.0 Å². The second-order valence-electron chi connectivity index (χ2n) is 7.11. The van der Waals surface area contributed by atoms with Crippen molar-refractivity contribution in [3.05, 3.63) is 35.5 Å². The Bertz CT molecular complexity index is 824. The van der Waals surface area contributed by atoms with E-state index in [1.807, 2.05) is 13.0 Å². The summed E-state index contributed by atoms with van der Waals surface area (Å²) in [4.78, 5) is 11.1. The number of nitrogens with zero attached hydrogens (tertiary/aromatic N) is 3. The molecule has 1 unspecified atom stereocenters. The van der Waals surface area contributed by atoms with Crippen LogP contribution in [0.25, 0.3) is 0 Å². The highest BCUT2D eigenvalue weighted by atomic mass is 19.4. The molecule has 6 nitrogen and oxygen atoms in total. The van der Waals surface area contributed by atoms with Crippen molar-refractivity contribution in [1.29, 1.82) is 0 Å². The number of hydrogen-bond donors (Lipinski definition) is 3. The van der Waals surface area contributed by atoms with Crippen LogP contribution in [0.4, 0.5) is 36.3 Å². The van der Waals surface area contributed by atoms with Gasteiger partial charge in [-0.2, -0.15) is 18.2 Å². The SMILES string of the molecule is CCCc1cc(N2CCCC(N)C2)nc(Nc2cc(N)cc(C(F)(F)F)c2)n1. The van der Waals surface area contributed by atoms with Crippen molar-refractivity contribution < 1.29 is 13.2 Å². The van der Waals surface area contributed by atoms with Crippen LogP contribution in [0.2, 0.25) is 0 Å². The van der Waals surface area contributed by atoms with Gasteiger partial charge in [0.25, 0.3) is 0 Å². The van der Waals surface area contributed by atoms with Crippen LogP contribution in [0.1, 0.15) is 37.4 Å². The molecule has 9 heteroatoms. The molecule has 0 amide bonds. The van der Waals surface area contributed by atoms with Gasteiger partial charge in [-0.05, 0) is 37.5 Å². The molecule has 2 aromatic rings. The van der Waals surface area contributed by atoms with Crippen LogP contribution in [0.3, 0.4) is 0 Å². The summed E-state index contributed by atoms with van der Waals surface area (Å²) in [6, 6.07) is 5.34. The summed E-state index contributed by atoms with van der Waals surface area (Å²) in [5, 5.41) is 2.89. The number of hydrogen-bond acceptors (Lipinski definition) is 6. The number of benzene rings is 1. The van der Waals surface area contributed by atoms with Gasteiger partial charge in [0, 0.05) is 42.3 Å². The maximum atomic E-state index is 13.1. The molecule has 0 aliphatic carbocycles. The van der Waals surface area contributed by atoms with Gasteiger partial charge >= 0.3 is 6.18 Å². The Morgan fingerprint density at radius 2 is 2.00 bits per heavy atom. The maximum absolute atomic E-state index is 13.1. The number of anilines is 4. The number of aryl methyl sites for hydroxylation is 1. The lowest BCUT2D eigenvalue weighted by Gasteiger charge is -2.32. The first kappa shape index (κ1) is 20.2. The molecule has 5 N–H and O–H groups in total. The Kier molecular flexibility index (Phi) is 5.93. The molecule has 152 valence electrons. The van der Waals surface area contributed by atoms with Gasteiger partial charge in [-0.3, -0.25) is 0 Å². The number of nitrogens with one attached hydrogen (secondary N) is 1. The molecule has 1 aromatic carbocycles. The minimum atomic E-state index is -4.48. The van der Waals surface area contributed by atoms with Gasteiger partial charge < -0.3 is 21.7 Å². The Morgan fingerprint density at radius 1 is 1.21 bits per heavy atom. The number of aromatic nitrogens is 2. The van der Waals surface area contributed by atoms with Crippen LogP contribution >= 0.6 is 0 Å². The van der Waals surface area contributed by atoms with Crippen molar-refractivity contribution >= 4 is 23.1 Å². The zero-order chi connectivity index (χ0) is 20.3. The molecule has 0 saturated carbocycles. The zero-order valence-electron chi connectivity index (χ0n) is 15.8. The molecular formula is C19H25F3N6. The van der Waals surface area contributed by atoms with Gasteiger partial charge in [-0.1, -0.05) is 13.3 Å². The Balaban J connectivity index is 1.92. The first-order valence-electron chi connectivity index (χ1n) is 9.38. The molecule has 1 aliphatic heterocycles. The van der Waals surface area contributed by atoms with E-state index in [1.54, 1.807) is 0 Å². The van der Waals surface area contributed by atoms with E-state index in [9.17, 15) is 13.2 Å². The van der Waals surface area contributed by atoms with Crippen molar-refractivity contribution in [2.45, 2.75) is 44.8 Å². The third-order valence-electron chi connectivity index (χ3n) is 4.59. The largest absolute Gasteiger partial charge is 0.416 e. The minimum Gasteiger partial charge on any atom is -0.399 e. The number of nitrogen functional groups attached to an aromatic ring is 1. The molecule has 2 heterocycles. The molecule has 1 fully saturated rings. The van der Waals surface area contributed by atoms with Gasteiger partial charge in [0.2, 0.25) is 5.95 Å². The average Bonchev–Trinajstić information content (AvgIpc) is 2.60. The van der Waals surface area contributed by atoms with E-state index >= 15 is 0 Å². The van der Waals surface area contributed by atoms with Crippen LogP contribution in [-0.2, 0) is 12.6 Å². The highest BCUT2D eigenvalue weighted by Gasteiger charge is 2.31. The molecule has 1 aliphatic rings. The topological polar surface area (TPSA) is 93.1 Å². The number of piperidine rings is 1. The Labute approximate surface area is 162 Å². The summed E-state index contributed by atoms with van der Waals surface area (Å²) >= 11 is 0. The van der Waals surface area contributed by atoms with Crippen LogP contribution in [0.5, 0.6) is 0 Å². The standard InChI is InChI=1S/C19H25F3N6/c1-2-4-15-10-17(28-6-3-5-13(23)11-28)27-18(25-15)26-16-8-12(19(20,21)22)7-14(24)9-16/h7-10,13H,2-6,11,23-24H2,1H3,(H,25,26,27). The summed E-state index contributed by atoms with van der Waals surface area (Å²) in [6.45, 7) is 3.57. The van der Waals surface area contributed by atoms with Crippen molar-refractivity contribution in [3.8, 4) is 0 Å². The lowest BCUT2D eigenvalue weighted by molar-refractivity contribution is -0.137. The molecule has 0 spiro atoms. The Morgan fingerprint density at radius 3 is 2.68 bits per heavy atom. The van der Waals surface area contributed by atoms with E-state index in [0.717, 1.165) is 55.9 Å². The predicted molar refractivity (Wildman–Crippen MR) is 105 cm³/mol.